The van der Waals surface area contributed by atoms with Crippen molar-refractivity contribution in [2.24, 2.45) is 0 Å². The fourth-order valence-corrected chi connectivity index (χ4v) is 2.13. The number of nitrogens with zero attached hydrogens (tertiary/aromatic N) is 2. The molecule has 0 bridgehead atoms. The number of methoxy groups -OCH3 is 2. The molecule has 2 aromatic rings. The molecule has 0 radical (unpaired) electrons. The second kappa shape index (κ2) is 6.54. The third-order valence-corrected chi connectivity index (χ3v) is 3.06. The highest BCUT2D eigenvalue weighted by Crippen LogP contribution is 2.38. The predicted molar refractivity (Wildman–Crippen MR) is 78.3 cm³/mol. The van der Waals surface area contributed by atoms with Gasteiger partial charge in [0.2, 0.25) is 0 Å². The Bertz CT molecular complexity index is 588. The van der Waals surface area contributed by atoms with Crippen molar-refractivity contribution in [1.29, 1.82) is 0 Å². The van der Waals surface area contributed by atoms with E-state index in [1.54, 1.807) is 38.7 Å². The fraction of sp³-hybridized carbons (Fsp3) is 0.286. The lowest BCUT2D eigenvalue weighted by Gasteiger charge is -2.11. The molecule has 0 atom stereocenters. The Kier molecular flexibility index (Phi) is 4.76. The largest absolute Gasteiger partial charge is 0.493 e. The molecule has 0 aliphatic rings. The zero-order valence-corrected chi connectivity index (χ0v) is 12.4. The van der Waals surface area contributed by atoms with E-state index in [9.17, 15) is 0 Å². The van der Waals surface area contributed by atoms with Crippen molar-refractivity contribution in [1.82, 2.24) is 15.3 Å². The third kappa shape index (κ3) is 3.00. The molecule has 106 valence electrons. The molecule has 0 aliphatic heterocycles. The van der Waals surface area contributed by atoms with Crippen molar-refractivity contribution in [3.63, 3.8) is 0 Å². The Morgan fingerprint density at radius 3 is 2.40 bits per heavy atom. The van der Waals surface area contributed by atoms with Crippen molar-refractivity contribution in [3.8, 4) is 22.9 Å². The van der Waals surface area contributed by atoms with Gasteiger partial charge in [-0.1, -0.05) is 11.6 Å². The summed E-state index contributed by atoms with van der Waals surface area (Å²) in [6.45, 7) is 0.729. The zero-order chi connectivity index (χ0) is 14.5. The Labute approximate surface area is 122 Å². The summed E-state index contributed by atoms with van der Waals surface area (Å²) in [5.74, 6) is 1.65. The van der Waals surface area contributed by atoms with Crippen molar-refractivity contribution >= 4 is 11.6 Å². The molecule has 0 amide bonds. The first-order valence-electron chi connectivity index (χ1n) is 6.07. The number of hydrogen-bond acceptors (Lipinski definition) is 5. The lowest BCUT2D eigenvalue weighted by Crippen LogP contribution is -2.06. The molecule has 0 saturated carbocycles. The molecule has 1 aromatic heterocycles. The van der Waals surface area contributed by atoms with Gasteiger partial charge in [-0.2, -0.15) is 0 Å². The van der Waals surface area contributed by atoms with Gasteiger partial charge in [0.05, 0.1) is 19.2 Å². The van der Waals surface area contributed by atoms with E-state index in [1.165, 1.54) is 0 Å². The maximum Gasteiger partial charge on any atom is 0.179 e. The lowest BCUT2D eigenvalue weighted by atomic mass is 10.2. The molecule has 0 aliphatic carbocycles. The topological polar surface area (TPSA) is 56.3 Å². The molecule has 0 unspecified atom stereocenters. The summed E-state index contributed by atoms with van der Waals surface area (Å²) >= 11 is 6.17. The average molecular weight is 294 g/mol. The quantitative estimate of drug-likeness (QED) is 0.918. The summed E-state index contributed by atoms with van der Waals surface area (Å²) < 4.78 is 10.5. The van der Waals surface area contributed by atoms with E-state index >= 15 is 0 Å². The highest BCUT2D eigenvalue weighted by molar-refractivity contribution is 6.32. The predicted octanol–water partition coefficient (Wildman–Crippen LogP) is 2.53. The Morgan fingerprint density at radius 1 is 1.15 bits per heavy atom. The first kappa shape index (κ1) is 14.6. The van der Waals surface area contributed by atoms with Crippen molar-refractivity contribution < 1.29 is 9.47 Å². The molecule has 1 aromatic carbocycles. The smallest absolute Gasteiger partial charge is 0.179 e. The summed E-state index contributed by atoms with van der Waals surface area (Å²) in [6, 6.07) is 3.56. The number of rotatable bonds is 5. The highest BCUT2D eigenvalue weighted by Gasteiger charge is 2.13. The number of halogens is 1. The van der Waals surface area contributed by atoms with Crippen molar-refractivity contribution in [3.05, 3.63) is 35.1 Å². The molecule has 0 spiro atoms. The second-order valence-corrected chi connectivity index (χ2v) is 4.55. The molecule has 20 heavy (non-hydrogen) atoms. The summed E-state index contributed by atoms with van der Waals surface area (Å²) in [5, 5.41) is 3.51. The number of hydrogen-bond donors (Lipinski definition) is 1. The van der Waals surface area contributed by atoms with Gasteiger partial charge in [0.15, 0.2) is 17.3 Å². The SMILES string of the molecule is CNCc1cnc(-c2cc(Cl)c(OC)c(OC)c2)nc1. The Balaban J connectivity index is 2.39. The highest BCUT2D eigenvalue weighted by atomic mass is 35.5. The first-order chi connectivity index (χ1) is 9.69. The number of nitrogens with one attached hydrogen (secondary N) is 1. The van der Waals surface area contributed by atoms with Crippen LogP contribution in [0.2, 0.25) is 5.02 Å². The first-order valence-corrected chi connectivity index (χ1v) is 6.44. The van der Waals surface area contributed by atoms with Crippen LogP contribution >= 0.6 is 11.6 Å². The lowest BCUT2D eigenvalue weighted by molar-refractivity contribution is 0.355. The number of aromatic nitrogens is 2. The summed E-state index contributed by atoms with van der Waals surface area (Å²) in [6.07, 6.45) is 3.56. The van der Waals surface area contributed by atoms with Crippen LogP contribution in [0.1, 0.15) is 5.56 Å². The van der Waals surface area contributed by atoms with Crippen LogP contribution in [0.25, 0.3) is 11.4 Å². The molecule has 5 nitrogen and oxygen atoms in total. The van der Waals surface area contributed by atoms with Crippen LogP contribution in [0.4, 0.5) is 0 Å². The van der Waals surface area contributed by atoms with Gasteiger partial charge in [0.25, 0.3) is 0 Å². The van der Waals surface area contributed by atoms with Crippen LogP contribution in [0.5, 0.6) is 11.5 Å². The second-order valence-electron chi connectivity index (χ2n) is 4.14. The number of benzene rings is 1. The Hall–Kier alpha value is -1.85. The van der Waals surface area contributed by atoms with Gasteiger partial charge in [0, 0.05) is 30.1 Å². The van der Waals surface area contributed by atoms with Crippen LogP contribution < -0.4 is 14.8 Å². The van der Waals surface area contributed by atoms with Crippen LogP contribution in [0.15, 0.2) is 24.5 Å². The van der Waals surface area contributed by atoms with Crippen LogP contribution in [-0.4, -0.2) is 31.2 Å². The minimum absolute atomic E-state index is 0.463. The van der Waals surface area contributed by atoms with E-state index in [2.05, 4.69) is 15.3 Å². The maximum absolute atomic E-state index is 6.17. The minimum atomic E-state index is 0.463. The van der Waals surface area contributed by atoms with E-state index < -0.39 is 0 Å². The van der Waals surface area contributed by atoms with Gasteiger partial charge in [-0.15, -0.1) is 0 Å². The standard InChI is InChI=1S/C14H16ClN3O2/c1-16-6-9-7-17-14(18-8-9)10-4-11(15)13(20-3)12(5-10)19-2/h4-5,7-8,16H,6H2,1-3H3. The van der Waals surface area contributed by atoms with E-state index in [4.69, 9.17) is 21.1 Å². The van der Waals surface area contributed by atoms with E-state index in [0.29, 0.717) is 22.3 Å². The third-order valence-electron chi connectivity index (χ3n) is 2.78. The van der Waals surface area contributed by atoms with Crippen molar-refractivity contribution in [2.75, 3.05) is 21.3 Å². The average Bonchev–Trinajstić information content (AvgIpc) is 2.47. The normalized spacial score (nSPS) is 10.4. The van der Waals surface area contributed by atoms with Crippen LogP contribution in [0, 0.1) is 0 Å². The van der Waals surface area contributed by atoms with Crippen molar-refractivity contribution in [2.45, 2.75) is 6.54 Å². The van der Waals surface area contributed by atoms with Gasteiger partial charge in [-0.05, 0) is 19.2 Å². The minimum Gasteiger partial charge on any atom is -0.493 e. The molecule has 1 heterocycles. The summed E-state index contributed by atoms with van der Waals surface area (Å²) in [4.78, 5) is 8.67. The molecule has 0 fully saturated rings. The zero-order valence-electron chi connectivity index (χ0n) is 11.6. The van der Waals surface area contributed by atoms with Gasteiger partial charge < -0.3 is 14.8 Å². The van der Waals surface area contributed by atoms with Crippen LogP contribution in [0.3, 0.4) is 0 Å². The summed E-state index contributed by atoms with van der Waals surface area (Å²) in [5.41, 5.74) is 1.80. The molecule has 6 heteroatoms. The van der Waals surface area contributed by atoms with E-state index in [0.717, 1.165) is 17.7 Å². The fourth-order valence-electron chi connectivity index (χ4n) is 1.85. The molecule has 1 N–H and O–H groups in total. The van der Waals surface area contributed by atoms with Gasteiger partial charge in [-0.3, -0.25) is 0 Å². The van der Waals surface area contributed by atoms with E-state index in [1.807, 2.05) is 7.05 Å². The van der Waals surface area contributed by atoms with Gasteiger partial charge >= 0.3 is 0 Å². The molecular weight excluding hydrogens is 278 g/mol. The van der Waals surface area contributed by atoms with Crippen LogP contribution in [-0.2, 0) is 6.54 Å². The Morgan fingerprint density at radius 2 is 1.85 bits per heavy atom. The molecule has 0 saturated heterocycles. The molecular formula is C14H16ClN3O2. The van der Waals surface area contributed by atoms with E-state index in [-0.39, 0.29) is 0 Å². The van der Waals surface area contributed by atoms with Gasteiger partial charge in [0.1, 0.15) is 0 Å². The van der Waals surface area contributed by atoms with Gasteiger partial charge in [-0.25, -0.2) is 9.97 Å². The maximum atomic E-state index is 6.17. The molecule has 2 rings (SSSR count). The summed E-state index contributed by atoms with van der Waals surface area (Å²) in [7, 11) is 4.99. The monoisotopic (exact) mass is 293 g/mol. The number of ether oxygens (including phenoxy) is 2.